The monoisotopic (exact) mass is 397 g/mol. The van der Waals surface area contributed by atoms with Crippen molar-refractivity contribution in [2.45, 2.75) is 51.3 Å². The number of carbonyl (C=O) groups excluding carboxylic acids is 2. The largest absolute Gasteiger partial charge is 0.444 e. The van der Waals surface area contributed by atoms with E-state index in [1.807, 2.05) is 30.3 Å². The predicted molar refractivity (Wildman–Crippen MR) is 108 cm³/mol. The summed E-state index contributed by atoms with van der Waals surface area (Å²) in [6.45, 7) is 5.58. The zero-order valence-electron chi connectivity index (χ0n) is 16.5. The zero-order valence-corrected chi connectivity index (χ0v) is 17.3. The van der Waals surface area contributed by atoms with Gasteiger partial charge in [0.1, 0.15) is 5.60 Å². The first-order chi connectivity index (χ1) is 12.6. The molecule has 0 spiro atoms. The van der Waals surface area contributed by atoms with E-state index in [2.05, 4.69) is 10.6 Å². The van der Waals surface area contributed by atoms with E-state index in [0.29, 0.717) is 18.6 Å². The highest BCUT2D eigenvalue weighted by Gasteiger charge is 2.21. The van der Waals surface area contributed by atoms with Crippen LogP contribution in [0.25, 0.3) is 0 Å². The van der Waals surface area contributed by atoms with Gasteiger partial charge in [-0.05, 0) is 39.2 Å². The van der Waals surface area contributed by atoms with Crippen LogP contribution in [0.15, 0.2) is 30.3 Å². The van der Waals surface area contributed by atoms with Gasteiger partial charge in [-0.3, -0.25) is 9.00 Å². The number of nitrogens with two attached hydrogens (primary N) is 1. The van der Waals surface area contributed by atoms with E-state index in [1.54, 1.807) is 27.0 Å². The third-order valence-corrected chi connectivity index (χ3v) is 4.43. The van der Waals surface area contributed by atoms with Crippen molar-refractivity contribution in [2.24, 2.45) is 5.73 Å². The molecule has 3 unspecified atom stereocenters. The highest BCUT2D eigenvalue weighted by molar-refractivity contribution is 7.84. The van der Waals surface area contributed by atoms with E-state index in [1.165, 1.54) is 0 Å². The van der Waals surface area contributed by atoms with Gasteiger partial charge in [0.2, 0.25) is 5.91 Å². The Morgan fingerprint density at radius 1 is 1.22 bits per heavy atom. The number of carbonyl (C=O) groups is 2. The number of hydrogen-bond donors (Lipinski definition) is 3. The Hall–Kier alpha value is -1.93. The standard InChI is InChI=1S/C19H31N3O4S/c1-19(2,3)26-18(24)22-15(12-14-8-6-5-7-9-14)13-21-17(23)16(20)10-11-27(4)25/h5-9,15-16H,10-13,20H2,1-4H3,(H,21,23)(H,22,24). The lowest BCUT2D eigenvalue weighted by Crippen LogP contribution is -2.49. The Labute approximate surface area is 163 Å². The topological polar surface area (TPSA) is 111 Å². The molecule has 3 atom stereocenters. The zero-order chi connectivity index (χ0) is 20.4. The van der Waals surface area contributed by atoms with Gasteiger partial charge in [0.25, 0.3) is 0 Å². The Balaban J connectivity index is 2.66. The van der Waals surface area contributed by atoms with Crippen molar-refractivity contribution in [2.75, 3.05) is 18.6 Å². The van der Waals surface area contributed by atoms with Crippen molar-refractivity contribution in [3.05, 3.63) is 35.9 Å². The Morgan fingerprint density at radius 2 is 1.85 bits per heavy atom. The van der Waals surface area contributed by atoms with Gasteiger partial charge in [-0.2, -0.15) is 0 Å². The fourth-order valence-electron chi connectivity index (χ4n) is 2.33. The van der Waals surface area contributed by atoms with Crippen LogP contribution in [0.1, 0.15) is 32.8 Å². The molecule has 0 saturated heterocycles. The van der Waals surface area contributed by atoms with Gasteiger partial charge in [0.15, 0.2) is 0 Å². The van der Waals surface area contributed by atoms with E-state index < -0.39 is 28.5 Å². The molecule has 0 aliphatic heterocycles. The van der Waals surface area contributed by atoms with Crippen molar-refractivity contribution in [1.29, 1.82) is 0 Å². The van der Waals surface area contributed by atoms with Crippen molar-refractivity contribution in [1.82, 2.24) is 10.6 Å². The van der Waals surface area contributed by atoms with Crippen LogP contribution in [0.4, 0.5) is 4.79 Å². The molecule has 2 amide bonds. The van der Waals surface area contributed by atoms with Gasteiger partial charge in [0.05, 0.1) is 12.1 Å². The molecule has 4 N–H and O–H groups in total. The summed E-state index contributed by atoms with van der Waals surface area (Å²) in [6, 6.07) is 8.57. The van der Waals surface area contributed by atoms with Gasteiger partial charge in [-0.15, -0.1) is 0 Å². The minimum Gasteiger partial charge on any atom is -0.444 e. The minimum atomic E-state index is -0.993. The van der Waals surface area contributed by atoms with E-state index in [0.717, 1.165) is 5.56 Å². The normalized spacial score (nSPS) is 14.7. The van der Waals surface area contributed by atoms with Crippen molar-refractivity contribution >= 4 is 22.8 Å². The summed E-state index contributed by atoms with van der Waals surface area (Å²) in [5, 5.41) is 5.56. The van der Waals surface area contributed by atoms with Crippen molar-refractivity contribution < 1.29 is 18.5 Å². The van der Waals surface area contributed by atoms with Gasteiger partial charge < -0.3 is 21.1 Å². The van der Waals surface area contributed by atoms with Crippen LogP contribution < -0.4 is 16.4 Å². The van der Waals surface area contributed by atoms with Crippen LogP contribution >= 0.6 is 0 Å². The minimum absolute atomic E-state index is 0.218. The molecule has 0 saturated carbocycles. The molecule has 1 aromatic rings. The molecule has 0 aliphatic carbocycles. The molecule has 8 heteroatoms. The number of nitrogens with one attached hydrogen (secondary N) is 2. The predicted octanol–water partition coefficient (Wildman–Crippen LogP) is 1.33. The number of rotatable bonds is 9. The molecule has 1 aromatic carbocycles. The smallest absolute Gasteiger partial charge is 0.407 e. The molecule has 1 rings (SSSR count). The van der Waals surface area contributed by atoms with Gasteiger partial charge in [0, 0.05) is 29.4 Å². The number of hydrogen-bond acceptors (Lipinski definition) is 5. The Morgan fingerprint density at radius 3 is 2.41 bits per heavy atom. The molecule has 0 heterocycles. The Bertz CT molecular complexity index is 632. The summed E-state index contributed by atoms with van der Waals surface area (Å²) < 4.78 is 16.4. The summed E-state index contributed by atoms with van der Waals surface area (Å²) in [5.41, 5.74) is 6.25. The van der Waals surface area contributed by atoms with Crippen LogP contribution in [0, 0.1) is 0 Å². The summed E-state index contributed by atoms with van der Waals surface area (Å²) in [4.78, 5) is 24.3. The number of benzene rings is 1. The maximum Gasteiger partial charge on any atom is 0.407 e. The molecular formula is C19H31N3O4S. The highest BCUT2D eigenvalue weighted by Crippen LogP contribution is 2.08. The molecule has 0 aromatic heterocycles. The summed E-state index contributed by atoms with van der Waals surface area (Å²) in [6.07, 6.45) is 1.92. The van der Waals surface area contributed by atoms with E-state index >= 15 is 0 Å². The lowest BCUT2D eigenvalue weighted by atomic mass is 10.1. The van der Waals surface area contributed by atoms with Gasteiger partial charge >= 0.3 is 6.09 Å². The van der Waals surface area contributed by atoms with Gasteiger partial charge in [-0.1, -0.05) is 30.3 Å². The second-order valence-corrected chi connectivity index (χ2v) is 9.01. The first kappa shape index (κ1) is 23.1. The lowest BCUT2D eigenvalue weighted by Gasteiger charge is -2.24. The quantitative estimate of drug-likeness (QED) is 0.582. The summed E-state index contributed by atoms with van der Waals surface area (Å²) in [7, 11) is -0.993. The van der Waals surface area contributed by atoms with Crippen LogP contribution in [0.3, 0.4) is 0 Å². The Kier molecular flexibility index (Phi) is 9.45. The SMILES string of the molecule is CS(=O)CCC(N)C(=O)NCC(Cc1ccccc1)NC(=O)OC(C)(C)C. The van der Waals surface area contributed by atoms with E-state index in [-0.39, 0.29) is 18.5 Å². The lowest BCUT2D eigenvalue weighted by molar-refractivity contribution is -0.122. The molecule has 27 heavy (non-hydrogen) atoms. The van der Waals surface area contributed by atoms with Crippen LogP contribution in [-0.2, 0) is 26.8 Å². The number of alkyl carbamates (subject to hydrolysis) is 1. The molecular weight excluding hydrogens is 366 g/mol. The fraction of sp³-hybridized carbons (Fsp3) is 0.579. The third-order valence-electron chi connectivity index (χ3n) is 3.62. The molecule has 0 aliphatic rings. The molecule has 7 nitrogen and oxygen atoms in total. The number of ether oxygens (including phenoxy) is 1. The second-order valence-electron chi connectivity index (χ2n) is 7.45. The third kappa shape index (κ3) is 10.7. The van der Waals surface area contributed by atoms with Gasteiger partial charge in [-0.25, -0.2) is 4.79 Å². The first-order valence-electron chi connectivity index (χ1n) is 8.93. The summed E-state index contributed by atoms with van der Waals surface area (Å²) in [5.74, 6) is 0.0440. The summed E-state index contributed by atoms with van der Waals surface area (Å²) >= 11 is 0. The van der Waals surface area contributed by atoms with Crippen LogP contribution in [0.5, 0.6) is 0 Å². The highest BCUT2D eigenvalue weighted by atomic mass is 32.2. The first-order valence-corrected chi connectivity index (χ1v) is 10.7. The second kappa shape index (κ2) is 11.0. The van der Waals surface area contributed by atoms with Crippen LogP contribution in [-0.4, -0.2) is 52.4 Å². The average Bonchev–Trinajstić information content (AvgIpc) is 2.56. The molecule has 0 bridgehead atoms. The van der Waals surface area contributed by atoms with E-state index in [9.17, 15) is 13.8 Å². The maximum absolute atomic E-state index is 12.1. The molecule has 152 valence electrons. The fourth-order valence-corrected chi connectivity index (χ4v) is 2.91. The molecule has 0 radical (unpaired) electrons. The maximum atomic E-state index is 12.1. The van der Waals surface area contributed by atoms with Crippen molar-refractivity contribution in [3.8, 4) is 0 Å². The molecule has 0 fully saturated rings. The van der Waals surface area contributed by atoms with E-state index in [4.69, 9.17) is 10.5 Å². The van der Waals surface area contributed by atoms with Crippen molar-refractivity contribution in [3.63, 3.8) is 0 Å². The van der Waals surface area contributed by atoms with Crippen LogP contribution in [0.2, 0.25) is 0 Å². The number of amides is 2. The average molecular weight is 398 g/mol.